The number of halogens is 1. The van der Waals surface area contributed by atoms with Crippen LogP contribution in [0.5, 0.6) is 0 Å². The molecule has 0 bridgehead atoms. The molecule has 0 saturated heterocycles. The zero-order valence-corrected chi connectivity index (χ0v) is 9.69. The average molecular weight is 239 g/mol. The summed E-state index contributed by atoms with van der Waals surface area (Å²) >= 11 is 5.85. The number of aromatic nitrogens is 2. The second-order valence-corrected chi connectivity index (χ2v) is 4.29. The maximum atomic E-state index is 11.2. The molecule has 0 unspecified atom stereocenters. The van der Waals surface area contributed by atoms with Crippen LogP contribution in [0.15, 0.2) is 18.2 Å². The van der Waals surface area contributed by atoms with E-state index in [9.17, 15) is 9.90 Å². The molecule has 16 heavy (non-hydrogen) atoms. The number of benzene rings is 1. The van der Waals surface area contributed by atoms with Crippen LogP contribution < -0.4 is 0 Å². The Morgan fingerprint density at radius 1 is 1.50 bits per heavy atom. The molecule has 0 aliphatic heterocycles. The Morgan fingerprint density at radius 2 is 2.19 bits per heavy atom. The van der Waals surface area contributed by atoms with Gasteiger partial charge in [0.2, 0.25) is 0 Å². The number of carboxylic acids is 1. The zero-order valence-electron chi connectivity index (χ0n) is 8.94. The Morgan fingerprint density at radius 3 is 2.75 bits per heavy atom. The number of hydrogen-bond acceptors (Lipinski definition) is 2. The third kappa shape index (κ3) is 1.65. The van der Waals surface area contributed by atoms with E-state index >= 15 is 0 Å². The van der Waals surface area contributed by atoms with Crippen molar-refractivity contribution in [3.8, 4) is 0 Å². The molecule has 1 aromatic carbocycles. The first-order valence-corrected chi connectivity index (χ1v) is 5.29. The third-order valence-corrected chi connectivity index (χ3v) is 2.59. The second-order valence-electron chi connectivity index (χ2n) is 3.85. The summed E-state index contributed by atoms with van der Waals surface area (Å²) in [6.07, 6.45) is 0. The lowest BCUT2D eigenvalue weighted by Gasteiger charge is -2.07. The van der Waals surface area contributed by atoms with Gasteiger partial charge in [0.15, 0.2) is 5.69 Å². The largest absolute Gasteiger partial charge is 0.477 e. The van der Waals surface area contributed by atoms with E-state index in [1.165, 1.54) is 4.68 Å². The summed E-state index contributed by atoms with van der Waals surface area (Å²) in [6.45, 7) is 3.78. The van der Waals surface area contributed by atoms with Crippen LogP contribution in [-0.2, 0) is 0 Å². The molecule has 0 aliphatic rings. The van der Waals surface area contributed by atoms with Gasteiger partial charge in [0.1, 0.15) is 0 Å². The molecule has 1 heterocycles. The molecule has 5 heteroatoms. The minimum absolute atomic E-state index is 0.00252. The highest BCUT2D eigenvalue weighted by Gasteiger charge is 2.19. The van der Waals surface area contributed by atoms with Crippen LogP contribution in [0.3, 0.4) is 0 Å². The van der Waals surface area contributed by atoms with Crippen molar-refractivity contribution >= 4 is 28.5 Å². The van der Waals surface area contributed by atoms with E-state index in [1.807, 2.05) is 13.8 Å². The predicted octanol–water partition coefficient (Wildman–Crippen LogP) is 2.97. The van der Waals surface area contributed by atoms with E-state index in [4.69, 9.17) is 11.6 Å². The number of nitrogens with zero attached hydrogens (tertiary/aromatic N) is 2. The van der Waals surface area contributed by atoms with Crippen molar-refractivity contribution in [2.24, 2.45) is 0 Å². The van der Waals surface area contributed by atoms with Crippen molar-refractivity contribution in [2.45, 2.75) is 19.9 Å². The first-order valence-electron chi connectivity index (χ1n) is 4.91. The summed E-state index contributed by atoms with van der Waals surface area (Å²) in [5, 5.41) is 14.5. The first kappa shape index (κ1) is 11.0. The van der Waals surface area contributed by atoms with E-state index in [2.05, 4.69) is 5.10 Å². The van der Waals surface area contributed by atoms with Crippen molar-refractivity contribution in [2.75, 3.05) is 0 Å². The van der Waals surface area contributed by atoms with E-state index < -0.39 is 5.97 Å². The first-order chi connectivity index (χ1) is 7.50. The van der Waals surface area contributed by atoms with E-state index in [0.29, 0.717) is 15.9 Å². The Balaban J connectivity index is 2.82. The minimum Gasteiger partial charge on any atom is -0.477 e. The van der Waals surface area contributed by atoms with Crippen molar-refractivity contribution < 1.29 is 9.90 Å². The van der Waals surface area contributed by atoms with Gasteiger partial charge in [-0.05, 0) is 32.0 Å². The summed E-state index contributed by atoms with van der Waals surface area (Å²) in [5.41, 5.74) is 0.836. The molecule has 0 aliphatic carbocycles. The maximum absolute atomic E-state index is 11.2. The number of rotatable bonds is 2. The number of aromatic carboxylic acids is 1. The lowest BCUT2D eigenvalue weighted by atomic mass is 10.2. The highest BCUT2D eigenvalue weighted by Crippen LogP contribution is 2.24. The SMILES string of the molecule is CC(C)n1nc2ccc(Cl)cc2c1C(=O)O. The van der Waals surface area contributed by atoms with Gasteiger partial charge >= 0.3 is 5.97 Å². The number of fused-ring (bicyclic) bond motifs is 1. The van der Waals surface area contributed by atoms with Gasteiger partial charge < -0.3 is 5.11 Å². The van der Waals surface area contributed by atoms with Crippen LogP contribution in [0.4, 0.5) is 0 Å². The van der Waals surface area contributed by atoms with Gasteiger partial charge in [0, 0.05) is 16.5 Å². The van der Waals surface area contributed by atoms with E-state index in [-0.39, 0.29) is 11.7 Å². The van der Waals surface area contributed by atoms with Gasteiger partial charge in [-0.2, -0.15) is 5.10 Å². The Bertz CT molecular complexity index is 560. The molecule has 0 radical (unpaired) electrons. The molecule has 0 saturated carbocycles. The Hall–Kier alpha value is -1.55. The number of hydrogen-bond donors (Lipinski definition) is 1. The summed E-state index contributed by atoms with van der Waals surface area (Å²) in [7, 11) is 0. The second kappa shape index (κ2) is 3.79. The summed E-state index contributed by atoms with van der Waals surface area (Å²) in [5.74, 6) is -0.988. The lowest BCUT2D eigenvalue weighted by molar-refractivity contribution is 0.0683. The summed E-state index contributed by atoms with van der Waals surface area (Å²) < 4.78 is 1.50. The fraction of sp³-hybridized carbons (Fsp3) is 0.273. The van der Waals surface area contributed by atoms with Crippen LogP contribution in [0.25, 0.3) is 10.9 Å². The van der Waals surface area contributed by atoms with Gasteiger partial charge in [-0.3, -0.25) is 4.68 Å². The fourth-order valence-corrected chi connectivity index (χ4v) is 1.83. The molecule has 0 atom stereocenters. The summed E-state index contributed by atoms with van der Waals surface area (Å²) in [4.78, 5) is 11.2. The van der Waals surface area contributed by atoms with Gasteiger partial charge in [0.05, 0.1) is 5.52 Å². The van der Waals surface area contributed by atoms with Crippen LogP contribution in [0, 0.1) is 0 Å². The van der Waals surface area contributed by atoms with Crippen LogP contribution >= 0.6 is 11.6 Å². The van der Waals surface area contributed by atoms with Crippen LogP contribution in [-0.4, -0.2) is 20.9 Å². The molecule has 1 N–H and O–H groups in total. The molecule has 84 valence electrons. The van der Waals surface area contributed by atoms with E-state index in [1.54, 1.807) is 18.2 Å². The quantitative estimate of drug-likeness (QED) is 0.875. The smallest absolute Gasteiger partial charge is 0.354 e. The highest BCUT2D eigenvalue weighted by molar-refractivity contribution is 6.31. The third-order valence-electron chi connectivity index (χ3n) is 2.35. The van der Waals surface area contributed by atoms with Crippen molar-refractivity contribution in [1.82, 2.24) is 9.78 Å². The Labute approximate surface area is 97.4 Å². The van der Waals surface area contributed by atoms with Crippen molar-refractivity contribution in [1.29, 1.82) is 0 Å². The lowest BCUT2D eigenvalue weighted by Crippen LogP contribution is -2.12. The monoisotopic (exact) mass is 238 g/mol. The molecule has 2 aromatic rings. The van der Waals surface area contributed by atoms with Crippen LogP contribution in [0.2, 0.25) is 5.02 Å². The Kier molecular flexibility index (Phi) is 2.59. The number of carbonyl (C=O) groups is 1. The minimum atomic E-state index is -0.988. The van der Waals surface area contributed by atoms with Gasteiger partial charge in [-0.15, -0.1) is 0 Å². The van der Waals surface area contributed by atoms with Crippen molar-refractivity contribution in [3.05, 3.63) is 28.9 Å². The topological polar surface area (TPSA) is 55.1 Å². The normalized spacial score (nSPS) is 11.2. The van der Waals surface area contributed by atoms with E-state index in [0.717, 1.165) is 0 Å². The average Bonchev–Trinajstić information content (AvgIpc) is 2.55. The highest BCUT2D eigenvalue weighted by atomic mass is 35.5. The van der Waals surface area contributed by atoms with Gasteiger partial charge in [-0.25, -0.2) is 4.79 Å². The molecule has 0 fully saturated rings. The summed E-state index contributed by atoms with van der Waals surface area (Å²) in [6, 6.07) is 5.06. The van der Waals surface area contributed by atoms with Gasteiger partial charge in [-0.1, -0.05) is 11.6 Å². The van der Waals surface area contributed by atoms with Crippen molar-refractivity contribution in [3.63, 3.8) is 0 Å². The fourth-order valence-electron chi connectivity index (χ4n) is 1.66. The van der Waals surface area contributed by atoms with Gasteiger partial charge in [0.25, 0.3) is 0 Å². The molecular formula is C11H11ClN2O2. The maximum Gasteiger partial charge on any atom is 0.354 e. The standard InChI is InChI=1S/C11H11ClN2O2/c1-6(2)14-10(11(15)16)8-5-7(12)3-4-9(8)13-14/h3-6H,1-2H3,(H,15,16). The molecule has 0 spiro atoms. The number of carboxylic acid groups (broad SMARTS) is 1. The zero-order chi connectivity index (χ0) is 11.9. The molecular weight excluding hydrogens is 228 g/mol. The predicted molar refractivity (Wildman–Crippen MR) is 62.1 cm³/mol. The molecule has 1 aromatic heterocycles. The molecule has 4 nitrogen and oxygen atoms in total. The molecule has 0 amide bonds. The van der Waals surface area contributed by atoms with Crippen LogP contribution in [0.1, 0.15) is 30.4 Å². The molecule has 2 rings (SSSR count).